The standard InChI is InChI=1S/C19H31N5O4Si/c1-18(2,3)29(6,7)25-8-11-13-14(28-19(4,5)27-13)17(26-11)24-10-23-12-15(20)21-9-22-16(12)24/h9-11,13-14,17H,8H2,1-7H3,(H2,20,21,22)/t11-,13?,14+,17-/m0/s1. The molecule has 2 aromatic rings. The third-order valence-electron chi connectivity index (χ3n) is 6.20. The van der Waals surface area contributed by atoms with E-state index in [0.29, 0.717) is 23.6 Å². The van der Waals surface area contributed by atoms with E-state index < -0.39 is 20.3 Å². The van der Waals surface area contributed by atoms with Gasteiger partial charge in [0, 0.05) is 0 Å². The zero-order valence-electron chi connectivity index (χ0n) is 18.2. The van der Waals surface area contributed by atoms with Gasteiger partial charge < -0.3 is 24.4 Å². The summed E-state index contributed by atoms with van der Waals surface area (Å²) in [5, 5.41) is 0.117. The minimum Gasteiger partial charge on any atom is -0.414 e. The first kappa shape index (κ1) is 20.7. The van der Waals surface area contributed by atoms with E-state index in [1.54, 1.807) is 6.33 Å². The van der Waals surface area contributed by atoms with Crippen molar-refractivity contribution in [1.82, 2.24) is 19.5 Å². The van der Waals surface area contributed by atoms with Crippen LogP contribution in [0.1, 0.15) is 40.8 Å². The van der Waals surface area contributed by atoms with Crippen molar-refractivity contribution in [2.24, 2.45) is 0 Å². The second kappa shape index (κ2) is 6.71. The van der Waals surface area contributed by atoms with Crippen molar-refractivity contribution in [2.45, 2.75) is 83.1 Å². The normalized spacial score (nSPS) is 29.5. The zero-order chi connectivity index (χ0) is 21.2. The van der Waals surface area contributed by atoms with E-state index in [2.05, 4.69) is 48.8 Å². The molecule has 2 aliphatic rings. The van der Waals surface area contributed by atoms with Crippen LogP contribution in [0.5, 0.6) is 0 Å². The average Bonchev–Trinajstić information content (AvgIpc) is 3.24. The fraction of sp³-hybridized carbons (Fsp3) is 0.737. The number of hydrogen-bond acceptors (Lipinski definition) is 8. The summed E-state index contributed by atoms with van der Waals surface area (Å²) < 4.78 is 27.1. The number of aromatic nitrogens is 4. The van der Waals surface area contributed by atoms with Crippen molar-refractivity contribution in [1.29, 1.82) is 0 Å². The molecule has 2 aliphatic heterocycles. The van der Waals surface area contributed by atoms with Crippen molar-refractivity contribution in [3.05, 3.63) is 12.7 Å². The molecule has 0 radical (unpaired) electrons. The lowest BCUT2D eigenvalue weighted by Crippen LogP contribution is -2.44. The number of nitrogens with zero attached hydrogens (tertiary/aromatic N) is 4. The van der Waals surface area contributed by atoms with Crippen LogP contribution in [0, 0.1) is 0 Å². The molecule has 4 atom stereocenters. The molecule has 10 heteroatoms. The maximum Gasteiger partial charge on any atom is 0.192 e. The summed E-state index contributed by atoms with van der Waals surface area (Å²) in [5.74, 6) is -0.359. The van der Waals surface area contributed by atoms with Gasteiger partial charge in [0.2, 0.25) is 0 Å². The van der Waals surface area contributed by atoms with E-state index in [-0.39, 0.29) is 23.4 Å². The van der Waals surface area contributed by atoms with E-state index in [4.69, 9.17) is 24.4 Å². The largest absolute Gasteiger partial charge is 0.414 e. The smallest absolute Gasteiger partial charge is 0.192 e. The highest BCUT2D eigenvalue weighted by Gasteiger charge is 2.56. The maximum atomic E-state index is 6.43. The predicted molar refractivity (Wildman–Crippen MR) is 111 cm³/mol. The molecule has 4 rings (SSSR count). The molecule has 2 fully saturated rings. The Bertz CT molecular complexity index is 910. The first-order valence-corrected chi connectivity index (χ1v) is 12.9. The molecule has 29 heavy (non-hydrogen) atoms. The molecule has 0 saturated carbocycles. The molecule has 0 aromatic carbocycles. The van der Waals surface area contributed by atoms with Crippen molar-refractivity contribution in [3.8, 4) is 0 Å². The molecule has 2 saturated heterocycles. The number of ether oxygens (including phenoxy) is 3. The van der Waals surface area contributed by atoms with Crippen LogP contribution >= 0.6 is 0 Å². The van der Waals surface area contributed by atoms with Gasteiger partial charge in [-0.2, -0.15) is 0 Å². The molecule has 0 spiro atoms. The van der Waals surface area contributed by atoms with Crippen LogP contribution in [0.2, 0.25) is 18.1 Å². The maximum absolute atomic E-state index is 6.43. The van der Waals surface area contributed by atoms with Gasteiger partial charge in [-0.25, -0.2) is 15.0 Å². The van der Waals surface area contributed by atoms with Crippen molar-refractivity contribution < 1.29 is 18.6 Å². The summed E-state index contributed by atoms with van der Waals surface area (Å²) in [4.78, 5) is 12.7. The number of nitrogen functional groups attached to an aromatic ring is 1. The fourth-order valence-electron chi connectivity index (χ4n) is 3.58. The summed E-state index contributed by atoms with van der Waals surface area (Å²) in [6.07, 6.45) is 1.87. The second-order valence-electron chi connectivity index (χ2n) is 9.78. The molecule has 0 aliphatic carbocycles. The van der Waals surface area contributed by atoms with Gasteiger partial charge in [-0.05, 0) is 32.0 Å². The number of nitrogens with two attached hydrogens (primary N) is 1. The van der Waals surface area contributed by atoms with Gasteiger partial charge in [-0.15, -0.1) is 0 Å². The molecule has 0 amide bonds. The van der Waals surface area contributed by atoms with Crippen LogP contribution in [0.3, 0.4) is 0 Å². The van der Waals surface area contributed by atoms with E-state index >= 15 is 0 Å². The van der Waals surface area contributed by atoms with Gasteiger partial charge in [0.05, 0.1) is 12.9 Å². The van der Waals surface area contributed by atoms with Gasteiger partial charge in [0.1, 0.15) is 30.2 Å². The average molecular weight is 422 g/mol. The molecule has 0 bridgehead atoms. The SMILES string of the molecule is CC1(C)OC2[C@H](CO[Si](C)(C)C(C)(C)C)O[C@H](n3cnc4c(N)ncnc43)[C@@H]2O1. The molecular weight excluding hydrogens is 390 g/mol. The summed E-state index contributed by atoms with van der Waals surface area (Å²) in [6.45, 7) is 15.4. The van der Waals surface area contributed by atoms with E-state index in [9.17, 15) is 0 Å². The van der Waals surface area contributed by atoms with Gasteiger partial charge in [-0.3, -0.25) is 4.57 Å². The number of rotatable bonds is 4. The van der Waals surface area contributed by atoms with Crippen molar-refractivity contribution in [3.63, 3.8) is 0 Å². The highest BCUT2D eigenvalue weighted by Crippen LogP contribution is 2.45. The van der Waals surface area contributed by atoms with Crippen LogP contribution in [0.4, 0.5) is 5.82 Å². The molecule has 4 heterocycles. The molecule has 2 aromatic heterocycles. The van der Waals surface area contributed by atoms with Crippen molar-refractivity contribution in [2.75, 3.05) is 12.3 Å². The van der Waals surface area contributed by atoms with E-state index in [1.807, 2.05) is 18.4 Å². The van der Waals surface area contributed by atoms with Gasteiger partial charge in [0.15, 0.2) is 31.8 Å². The highest BCUT2D eigenvalue weighted by molar-refractivity contribution is 6.74. The first-order chi connectivity index (χ1) is 13.4. The summed E-state index contributed by atoms with van der Waals surface area (Å²) in [6, 6.07) is 0. The molecular formula is C19H31N5O4Si. The monoisotopic (exact) mass is 421 g/mol. The number of hydrogen-bond donors (Lipinski definition) is 1. The minimum atomic E-state index is -1.92. The van der Waals surface area contributed by atoms with E-state index in [0.717, 1.165) is 0 Å². The Hall–Kier alpha value is -1.59. The Morgan fingerprint density at radius 1 is 1.17 bits per heavy atom. The molecule has 9 nitrogen and oxygen atoms in total. The lowest BCUT2D eigenvalue weighted by atomic mass is 10.1. The van der Waals surface area contributed by atoms with E-state index in [1.165, 1.54) is 6.33 Å². The van der Waals surface area contributed by atoms with Crippen LogP contribution in [0.15, 0.2) is 12.7 Å². The Morgan fingerprint density at radius 2 is 1.86 bits per heavy atom. The van der Waals surface area contributed by atoms with Gasteiger partial charge in [0.25, 0.3) is 0 Å². The van der Waals surface area contributed by atoms with Crippen LogP contribution in [-0.4, -0.2) is 58.5 Å². The topological polar surface area (TPSA) is 107 Å². The van der Waals surface area contributed by atoms with Crippen LogP contribution in [0.25, 0.3) is 11.2 Å². The van der Waals surface area contributed by atoms with Crippen LogP contribution < -0.4 is 5.73 Å². The number of anilines is 1. The molecule has 2 N–H and O–H groups in total. The first-order valence-electron chi connectivity index (χ1n) is 9.98. The third-order valence-corrected chi connectivity index (χ3v) is 10.7. The number of fused-ring (bicyclic) bond motifs is 2. The van der Waals surface area contributed by atoms with Gasteiger partial charge >= 0.3 is 0 Å². The zero-order valence-corrected chi connectivity index (χ0v) is 19.2. The van der Waals surface area contributed by atoms with Crippen LogP contribution in [-0.2, 0) is 18.6 Å². The highest BCUT2D eigenvalue weighted by atomic mass is 28.4. The van der Waals surface area contributed by atoms with Gasteiger partial charge in [-0.1, -0.05) is 20.8 Å². The predicted octanol–water partition coefficient (Wildman–Crippen LogP) is 2.85. The quantitative estimate of drug-likeness (QED) is 0.751. The molecule has 160 valence electrons. The Kier molecular flexibility index (Phi) is 4.78. The summed E-state index contributed by atoms with van der Waals surface area (Å²) >= 11 is 0. The van der Waals surface area contributed by atoms with Crippen molar-refractivity contribution >= 4 is 25.3 Å². The Balaban J connectivity index is 1.62. The summed E-state index contributed by atoms with van der Waals surface area (Å²) in [7, 11) is -1.92. The lowest BCUT2D eigenvalue weighted by molar-refractivity contribution is -0.199. The summed E-state index contributed by atoms with van der Waals surface area (Å²) in [5.41, 5.74) is 7.10. The minimum absolute atomic E-state index is 0.117. The number of imidazole rings is 1. The third kappa shape index (κ3) is 3.57. The molecule has 1 unspecified atom stereocenters. The Morgan fingerprint density at radius 3 is 2.55 bits per heavy atom. The lowest BCUT2D eigenvalue weighted by Gasteiger charge is -2.37. The fourth-order valence-corrected chi connectivity index (χ4v) is 4.59. The Labute approximate surface area is 172 Å². The second-order valence-corrected chi connectivity index (χ2v) is 14.6.